The molecule has 1 aromatic rings. The van der Waals surface area contributed by atoms with Crippen molar-refractivity contribution in [3.05, 3.63) is 24.3 Å². The minimum Gasteiger partial charge on any atom is -0.423 e. The van der Waals surface area contributed by atoms with Crippen LogP contribution in [0.25, 0.3) is 0 Å². The lowest BCUT2D eigenvalue weighted by atomic mass is 10.1. The van der Waals surface area contributed by atoms with E-state index in [1.54, 1.807) is 0 Å². The number of hydrogen-bond acceptors (Lipinski definition) is 4. The molecule has 2 fully saturated rings. The van der Waals surface area contributed by atoms with Crippen LogP contribution in [0.2, 0.25) is 0 Å². The number of hydrogen-bond donors (Lipinski definition) is 0. The van der Waals surface area contributed by atoms with Crippen molar-refractivity contribution in [2.45, 2.75) is 44.6 Å². The average molecular weight is 288 g/mol. The largest absolute Gasteiger partial charge is 0.423 e. The average Bonchev–Trinajstić information content (AvgIpc) is 2.97. The molecule has 0 unspecified atom stereocenters. The van der Waals surface area contributed by atoms with Gasteiger partial charge in [0.15, 0.2) is 11.5 Å². The van der Waals surface area contributed by atoms with Crippen LogP contribution in [-0.4, -0.2) is 42.0 Å². The molecule has 0 saturated carbocycles. The second-order valence-corrected chi connectivity index (χ2v) is 6.29. The molecular formula is C17H24N2O2. The van der Waals surface area contributed by atoms with E-state index in [9.17, 15) is 0 Å². The Morgan fingerprint density at radius 2 is 1.10 bits per heavy atom. The second-order valence-electron chi connectivity index (χ2n) is 6.29. The van der Waals surface area contributed by atoms with Crippen molar-refractivity contribution < 1.29 is 9.47 Å². The highest BCUT2D eigenvalue weighted by Crippen LogP contribution is 2.43. The molecule has 1 aromatic carbocycles. The van der Waals surface area contributed by atoms with Crippen molar-refractivity contribution in [3.63, 3.8) is 0 Å². The number of ether oxygens (including phenoxy) is 2. The summed E-state index contributed by atoms with van der Waals surface area (Å²) in [7, 11) is 0. The molecule has 0 aliphatic carbocycles. The van der Waals surface area contributed by atoms with E-state index in [4.69, 9.17) is 9.47 Å². The van der Waals surface area contributed by atoms with Crippen LogP contribution in [-0.2, 0) is 0 Å². The van der Waals surface area contributed by atoms with Crippen LogP contribution in [0.4, 0.5) is 0 Å². The van der Waals surface area contributed by atoms with Gasteiger partial charge in [0.25, 0.3) is 0 Å². The zero-order valence-electron chi connectivity index (χ0n) is 12.6. The predicted molar refractivity (Wildman–Crippen MR) is 81.3 cm³/mol. The molecule has 3 aliphatic rings. The van der Waals surface area contributed by atoms with Crippen LogP contribution in [0, 0.1) is 0 Å². The molecule has 4 nitrogen and oxygen atoms in total. The molecule has 0 atom stereocenters. The van der Waals surface area contributed by atoms with E-state index in [0.29, 0.717) is 0 Å². The maximum absolute atomic E-state index is 6.40. The van der Waals surface area contributed by atoms with Gasteiger partial charge >= 0.3 is 6.03 Å². The molecule has 0 N–H and O–H groups in total. The van der Waals surface area contributed by atoms with Gasteiger partial charge in [-0.05, 0) is 37.8 Å². The highest BCUT2D eigenvalue weighted by molar-refractivity contribution is 5.42. The number of likely N-dealkylation sites (tertiary alicyclic amines) is 2. The van der Waals surface area contributed by atoms with Crippen LogP contribution in [0.3, 0.4) is 0 Å². The van der Waals surface area contributed by atoms with Crippen LogP contribution in [0.1, 0.15) is 38.5 Å². The van der Waals surface area contributed by atoms with Gasteiger partial charge in [-0.3, -0.25) is 0 Å². The van der Waals surface area contributed by atoms with Gasteiger partial charge in [0, 0.05) is 26.2 Å². The molecule has 21 heavy (non-hydrogen) atoms. The first-order valence-electron chi connectivity index (χ1n) is 8.36. The summed E-state index contributed by atoms with van der Waals surface area (Å²) in [6.07, 6.45) is 7.58. The van der Waals surface area contributed by atoms with Gasteiger partial charge in [0.2, 0.25) is 0 Å². The fraction of sp³-hybridized carbons (Fsp3) is 0.647. The van der Waals surface area contributed by atoms with E-state index in [0.717, 1.165) is 37.7 Å². The second kappa shape index (κ2) is 5.50. The van der Waals surface area contributed by atoms with Crippen molar-refractivity contribution in [1.82, 2.24) is 9.80 Å². The number of fused-ring (bicyclic) bond motifs is 1. The Kier molecular flexibility index (Phi) is 3.51. The molecule has 0 radical (unpaired) electrons. The van der Waals surface area contributed by atoms with Gasteiger partial charge in [-0.15, -0.1) is 0 Å². The van der Waals surface area contributed by atoms with Gasteiger partial charge in [-0.25, -0.2) is 9.80 Å². The third kappa shape index (κ3) is 2.30. The monoisotopic (exact) mass is 288 g/mol. The van der Waals surface area contributed by atoms with Gasteiger partial charge in [-0.1, -0.05) is 25.0 Å². The zero-order chi connectivity index (χ0) is 14.1. The first-order valence-corrected chi connectivity index (χ1v) is 8.36. The molecule has 2 saturated heterocycles. The summed E-state index contributed by atoms with van der Waals surface area (Å²) in [6.45, 7) is 4.24. The smallest absolute Gasteiger partial charge is 0.387 e. The Hall–Kier alpha value is -1.26. The Morgan fingerprint density at radius 3 is 1.52 bits per heavy atom. The van der Waals surface area contributed by atoms with Crippen molar-refractivity contribution in [2.24, 2.45) is 0 Å². The fourth-order valence-electron chi connectivity index (χ4n) is 3.74. The summed E-state index contributed by atoms with van der Waals surface area (Å²) in [5.41, 5.74) is 0. The molecule has 4 rings (SSSR count). The van der Waals surface area contributed by atoms with Crippen LogP contribution >= 0.6 is 0 Å². The fourth-order valence-corrected chi connectivity index (χ4v) is 3.74. The number of nitrogens with zero attached hydrogens (tertiary/aromatic N) is 2. The maximum atomic E-state index is 6.40. The first-order chi connectivity index (χ1) is 10.4. The lowest BCUT2D eigenvalue weighted by Crippen LogP contribution is -2.68. The Labute approximate surface area is 126 Å². The maximum Gasteiger partial charge on any atom is 0.387 e. The third-order valence-electron chi connectivity index (χ3n) is 4.85. The Morgan fingerprint density at radius 1 is 0.667 bits per heavy atom. The summed E-state index contributed by atoms with van der Waals surface area (Å²) >= 11 is 0. The van der Waals surface area contributed by atoms with Crippen molar-refractivity contribution in [2.75, 3.05) is 26.2 Å². The summed E-state index contributed by atoms with van der Waals surface area (Å²) in [5, 5.41) is 0. The molecule has 0 amide bonds. The van der Waals surface area contributed by atoms with Gasteiger partial charge in [0.1, 0.15) is 0 Å². The molecule has 114 valence electrons. The van der Waals surface area contributed by atoms with E-state index in [1.807, 2.05) is 24.3 Å². The SMILES string of the molecule is c1ccc2c(c1)OC(N1CCCCC1)(N1CCCCC1)O2. The standard InChI is InChI=1S/C17H24N2O2/c1-5-11-18(12-6-1)17(19-13-7-2-8-14-19)20-15-9-3-4-10-16(15)21-17/h3-4,9-10H,1-2,5-8,11-14H2. The molecule has 0 aromatic heterocycles. The van der Waals surface area contributed by atoms with E-state index in [-0.39, 0.29) is 0 Å². The van der Waals surface area contributed by atoms with E-state index < -0.39 is 6.03 Å². The lowest BCUT2D eigenvalue weighted by molar-refractivity contribution is -0.301. The number of piperidine rings is 2. The molecule has 0 spiro atoms. The van der Waals surface area contributed by atoms with Crippen LogP contribution in [0.5, 0.6) is 11.5 Å². The Balaban J connectivity index is 1.66. The first kappa shape index (κ1) is 13.4. The summed E-state index contributed by atoms with van der Waals surface area (Å²) in [5.74, 6) is 1.77. The van der Waals surface area contributed by atoms with E-state index >= 15 is 0 Å². The molecule has 3 aliphatic heterocycles. The van der Waals surface area contributed by atoms with Crippen LogP contribution < -0.4 is 9.47 Å². The lowest BCUT2D eigenvalue weighted by Gasteiger charge is -2.47. The number of para-hydroxylation sites is 2. The van der Waals surface area contributed by atoms with Gasteiger partial charge in [-0.2, -0.15) is 0 Å². The normalized spacial score (nSPS) is 25.9. The predicted octanol–water partition coefficient (Wildman–Crippen LogP) is 3.04. The van der Waals surface area contributed by atoms with E-state index in [1.165, 1.54) is 38.5 Å². The summed E-state index contributed by atoms with van der Waals surface area (Å²) in [6, 6.07) is 7.38. The zero-order valence-corrected chi connectivity index (χ0v) is 12.6. The Bertz CT molecular complexity index is 448. The number of rotatable bonds is 2. The van der Waals surface area contributed by atoms with Crippen molar-refractivity contribution >= 4 is 0 Å². The van der Waals surface area contributed by atoms with Crippen molar-refractivity contribution in [3.8, 4) is 11.5 Å². The quantitative estimate of drug-likeness (QED) is 0.835. The molecule has 3 heterocycles. The minimum atomic E-state index is -0.690. The number of benzene rings is 1. The molecule has 0 bridgehead atoms. The topological polar surface area (TPSA) is 24.9 Å². The summed E-state index contributed by atoms with van der Waals surface area (Å²) in [4.78, 5) is 4.81. The highest BCUT2D eigenvalue weighted by Gasteiger charge is 2.52. The summed E-state index contributed by atoms with van der Waals surface area (Å²) < 4.78 is 12.8. The van der Waals surface area contributed by atoms with Crippen LogP contribution in [0.15, 0.2) is 24.3 Å². The highest BCUT2D eigenvalue weighted by atomic mass is 16.8. The minimum absolute atomic E-state index is 0.690. The van der Waals surface area contributed by atoms with Gasteiger partial charge in [0.05, 0.1) is 0 Å². The third-order valence-corrected chi connectivity index (χ3v) is 4.85. The molecule has 4 heteroatoms. The van der Waals surface area contributed by atoms with Crippen molar-refractivity contribution in [1.29, 1.82) is 0 Å². The van der Waals surface area contributed by atoms with E-state index in [2.05, 4.69) is 9.80 Å². The van der Waals surface area contributed by atoms with Gasteiger partial charge < -0.3 is 9.47 Å². The molecular weight excluding hydrogens is 264 g/mol.